The molecule has 2 rings (SSSR count). The number of likely N-dealkylation sites (tertiary alicyclic amines) is 1. The van der Waals surface area contributed by atoms with Gasteiger partial charge in [0.2, 0.25) is 11.8 Å². The summed E-state index contributed by atoms with van der Waals surface area (Å²) in [5, 5.41) is 0.429. The molecule has 0 atom stereocenters. The lowest BCUT2D eigenvalue weighted by Crippen LogP contribution is -2.43. The first kappa shape index (κ1) is 16.7. The lowest BCUT2D eigenvalue weighted by Gasteiger charge is -2.32. The Morgan fingerprint density at radius 1 is 1.45 bits per heavy atom. The number of nitrogens with two attached hydrogens (primary N) is 1. The van der Waals surface area contributed by atoms with Gasteiger partial charge in [-0.15, -0.1) is 0 Å². The smallest absolute Gasteiger partial charge is 0.231 e. The van der Waals surface area contributed by atoms with Gasteiger partial charge in [-0.25, -0.2) is 4.98 Å². The van der Waals surface area contributed by atoms with Crippen LogP contribution in [-0.2, 0) is 16.1 Å². The summed E-state index contributed by atoms with van der Waals surface area (Å²) in [4.78, 5) is 31.1. The van der Waals surface area contributed by atoms with Crippen molar-refractivity contribution < 1.29 is 9.59 Å². The van der Waals surface area contributed by atoms with Crippen molar-refractivity contribution in [3.05, 3.63) is 29.0 Å². The highest BCUT2D eigenvalue weighted by Gasteiger charge is 2.27. The summed E-state index contributed by atoms with van der Waals surface area (Å²) < 4.78 is 0. The summed E-state index contributed by atoms with van der Waals surface area (Å²) in [7, 11) is 1.78. The monoisotopic (exact) mass is 324 g/mol. The molecule has 0 aliphatic carbocycles. The van der Waals surface area contributed by atoms with Crippen molar-refractivity contribution in [2.45, 2.75) is 19.4 Å². The first-order chi connectivity index (χ1) is 10.5. The quantitative estimate of drug-likeness (QED) is 0.816. The summed E-state index contributed by atoms with van der Waals surface area (Å²) in [6.07, 6.45) is 3.12. The second kappa shape index (κ2) is 7.56. The lowest BCUT2D eigenvalue weighted by molar-refractivity contribution is -0.136. The molecule has 7 heteroatoms. The Hall–Kier alpha value is -1.66. The van der Waals surface area contributed by atoms with Crippen molar-refractivity contribution in [2.24, 2.45) is 11.7 Å². The van der Waals surface area contributed by atoms with Gasteiger partial charge in [-0.3, -0.25) is 14.5 Å². The first-order valence-corrected chi connectivity index (χ1v) is 7.70. The summed E-state index contributed by atoms with van der Waals surface area (Å²) in [6, 6.07) is 3.68. The number of nitrogens with zero attached hydrogens (tertiary/aromatic N) is 3. The molecule has 0 aromatic carbocycles. The van der Waals surface area contributed by atoms with E-state index in [4.69, 9.17) is 17.3 Å². The molecule has 0 bridgehead atoms. The molecule has 0 radical (unpaired) electrons. The van der Waals surface area contributed by atoms with Crippen molar-refractivity contribution in [2.75, 3.05) is 26.7 Å². The zero-order valence-corrected chi connectivity index (χ0v) is 13.4. The van der Waals surface area contributed by atoms with Crippen LogP contribution in [0.25, 0.3) is 0 Å². The third-order valence-corrected chi connectivity index (χ3v) is 4.28. The van der Waals surface area contributed by atoms with Gasteiger partial charge in [0.1, 0.15) is 5.15 Å². The van der Waals surface area contributed by atoms with E-state index in [1.165, 1.54) is 0 Å². The summed E-state index contributed by atoms with van der Waals surface area (Å²) in [5.74, 6) is -0.226. The van der Waals surface area contributed by atoms with Gasteiger partial charge in [0.15, 0.2) is 0 Å². The molecule has 2 heterocycles. The van der Waals surface area contributed by atoms with Gasteiger partial charge in [0, 0.05) is 31.3 Å². The standard InChI is InChI=1S/C15H21ClN4O2/c1-19(9-12-3-2-6-18-14(12)16)15(22)11-4-7-20(8-5-11)10-13(17)21/h2-3,6,11H,4-5,7-10H2,1H3,(H2,17,21). The van der Waals surface area contributed by atoms with E-state index in [-0.39, 0.29) is 24.3 Å². The molecule has 0 saturated carbocycles. The van der Waals surface area contributed by atoms with Gasteiger partial charge in [-0.05, 0) is 32.0 Å². The van der Waals surface area contributed by atoms with Crippen LogP contribution >= 0.6 is 11.6 Å². The topological polar surface area (TPSA) is 79.5 Å². The largest absolute Gasteiger partial charge is 0.369 e. The summed E-state index contributed by atoms with van der Waals surface area (Å²) in [6.45, 7) is 2.16. The second-order valence-corrected chi connectivity index (χ2v) is 6.02. The Morgan fingerprint density at radius 2 is 2.14 bits per heavy atom. The van der Waals surface area contributed by atoms with Crippen LogP contribution in [0.5, 0.6) is 0 Å². The van der Waals surface area contributed by atoms with Crippen molar-refractivity contribution in [1.82, 2.24) is 14.8 Å². The molecule has 1 fully saturated rings. The van der Waals surface area contributed by atoms with Crippen LogP contribution in [0.15, 0.2) is 18.3 Å². The third-order valence-electron chi connectivity index (χ3n) is 3.94. The number of carbonyl (C=O) groups is 2. The third kappa shape index (κ3) is 4.42. The van der Waals surface area contributed by atoms with Gasteiger partial charge in [0.05, 0.1) is 6.54 Å². The SMILES string of the molecule is CN(Cc1cccnc1Cl)C(=O)C1CCN(CC(N)=O)CC1. The lowest BCUT2D eigenvalue weighted by atomic mass is 9.95. The van der Waals surface area contributed by atoms with Crippen LogP contribution in [0.4, 0.5) is 0 Å². The number of hydrogen-bond acceptors (Lipinski definition) is 4. The van der Waals surface area contributed by atoms with E-state index in [0.717, 1.165) is 31.5 Å². The molecule has 120 valence electrons. The predicted molar refractivity (Wildman–Crippen MR) is 84.1 cm³/mol. The average molecular weight is 325 g/mol. The Labute approximate surface area is 135 Å². The van der Waals surface area contributed by atoms with Crippen LogP contribution < -0.4 is 5.73 Å². The zero-order valence-electron chi connectivity index (χ0n) is 12.7. The highest BCUT2D eigenvalue weighted by atomic mass is 35.5. The van der Waals surface area contributed by atoms with E-state index in [9.17, 15) is 9.59 Å². The molecular weight excluding hydrogens is 304 g/mol. The Balaban J connectivity index is 1.87. The number of aromatic nitrogens is 1. The van der Waals surface area contributed by atoms with E-state index < -0.39 is 0 Å². The fraction of sp³-hybridized carbons (Fsp3) is 0.533. The van der Waals surface area contributed by atoms with Crippen LogP contribution in [0.3, 0.4) is 0 Å². The normalized spacial score (nSPS) is 16.5. The Kier molecular flexibility index (Phi) is 5.74. The van der Waals surface area contributed by atoms with Gasteiger partial charge < -0.3 is 10.6 Å². The minimum absolute atomic E-state index is 0.00965. The van der Waals surface area contributed by atoms with E-state index in [1.54, 1.807) is 18.1 Å². The molecular formula is C15H21ClN4O2. The van der Waals surface area contributed by atoms with E-state index in [0.29, 0.717) is 11.7 Å². The summed E-state index contributed by atoms with van der Waals surface area (Å²) in [5.41, 5.74) is 6.03. The van der Waals surface area contributed by atoms with Crippen molar-refractivity contribution in [3.8, 4) is 0 Å². The van der Waals surface area contributed by atoms with Crippen molar-refractivity contribution in [1.29, 1.82) is 0 Å². The molecule has 1 aromatic rings. The average Bonchev–Trinajstić information content (AvgIpc) is 2.49. The molecule has 1 aliphatic rings. The highest BCUT2D eigenvalue weighted by molar-refractivity contribution is 6.30. The number of piperidine rings is 1. The second-order valence-electron chi connectivity index (χ2n) is 5.66. The number of halogens is 1. The summed E-state index contributed by atoms with van der Waals surface area (Å²) >= 11 is 6.03. The molecule has 0 spiro atoms. The van der Waals surface area contributed by atoms with Crippen LogP contribution in [0, 0.1) is 5.92 Å². The van der Waals surface area contributed by atoms with Crippen LogP contribution in [0.2, 0.25) is 5.15 Å². The van der Waals surface area contributed by atoms with Crippen molar-refractivity contribution in [3.63, 3.8) is 0 Å². The first-order valence-electron chi connectivity index (χ1n) is 7.32. The minimum Gasteiger partial charge on any atom is -0.369 e. The van der Waals surface area contributed by atoms with E-state index in [1.807, 2.05) is 17.0 Å². The molecule has 0 unspecified atom stereocenters. The van der Waals surface area contributed by atoms with Gasteiger partial charge in [-0.2, -0.15) is 0 Å². The molecule has 2 N–H and O–H groups in total. The molecule has 1 aliphatic heterocycles. The number of primary amides is 1. The number of amides is 2. The zero-order chi connectivity index (χ0) is 16.1. The predicted octanol–water partition coefficient (Wildman–Crippen LogP) is 0.891. The van der Waals surface area contributed by atoms with E-state index >= 15 is 0 Å². The van der Waals surface area contributed by atoms with Crippen LogP contribution in [0.1, 0.15) is 18.4 Å². The maximum Gasteiger partial charge on any atom is 0.231 e. The fourth-order valence-electron chi connectivity index (χ4n) is 2.74. The molecule has 2 amide bonds. The number of carbonyl (C=O) groups excluding carboxylic acids is 2. The maximum absolute atomic E-state index is 12.5. The number of rotatable bonds is 5. The number of hydrogen-bond donors (Lipinski definition) is 1. The van der Waals surface area contributed by atoms with E-state index in [2.05, 4.69) is 4.98 Å². The van der Waals surface area contributed by atoms with Crippen molar-refractivity contribution >= 4 is 23.4 Å². The molecule has 6 nitrogen and oxygen atoms in total. The van der Waals surface area contributed by atoms with Crippen LogP contribution in [-0.4, -0.2) is 53.3 Å². The minimum atomic E-state index is -0.326. The maximum atomic E-state index is 12.5. The fourth-order valence-corrected chi connectivity index (χ4v) is 2.92. The van der Waals surface area contributed by atoms with Gasteiger partial charge >= 0.3 is 0 Å². The Morgan fingerprint density at radius 3 is 2.73 bits per heavy atom. The number of pyridine rings is 1. The van der Waals surface area contributed by atoms with Gasteiger partial charge in [-0.1, -0.05) is 17.7 Å². The molecule has 22 heavy (non-hydrogen) atoms. The molecule has 1 aromatic heterocycles. The Bertz CT molecular complexity index is 544. The molecule has 1 saturated heterocycles. The highest BCUT2D eigenvalue weighted by Crippen LogP contribution is 2.21. The van der Waals surface area contributed by atoms with Gasteiger partial charge in [0.25, 0.3) is 0 Å².